The van der Waals surface area contributed by atoms with E-state index < -0.39 is 0 Å². The molecule has 0 atom stereocenters. The number of hydrogen-bond acceptors (Lipinski definition) is 6. The first kappa shape index (κ1) is 19.1. The average molecular weight is 422 g/mol. The highest BCUT2D eigenvalue weighted by molar-refractivity contribution is 7.14. The highest BCUT2D eigenvalue weighted by Crippen LogP contribution is 2.36. The van der Waals surface area contributed by atoms with E-state index in [1.165, 1.54) is 36.2 Å². The molecule has 1 amide bonds. The van der Waals surface area contributed by atoms with Crippen molar-refractivity contribution in [1.29, 1.82) is 0 Å². The smallest absolute Gasteiger partial charge is 0.257 e. The van der Waals surface area contributed by atoms with Gasteiger partial charge in [-0.2, -0.15) is 0 Å². The zero-order chi connectivity index (χ0) is 20.3. The first-order valence-corrected chi connectivity index (χ1v) is 11.1. The maximum Gasteiger partial charge on any atom is 0.257 e. The number of hydrogen-bond donors (Lipinski definition) is 1. The zero-order valence-corrected chi connectivity index (χ0v) is 17.4. The second-order valence-corrected chi connectivity index (χ2v) is 8.45. The maximum atomic E-state index is 12.6. The van der Waals surface area contributed by atoms with Crippen LogP contribution in [0.4, 0.5) is 5.13 Å². The summed E-state index contributed by atoms with van der Waals surface area (Å²) >= 11 is 1.41. The normalized spacial score (nSPS) is 15.9. The summed E-state index contributed by atoms with van der Waals surface area (Å²) in [5.74, 6) is 1.31. The number of ether oxygens (including phenoxy) is 2. The summed E-state index contributed by atoms with van der Waals surface area (Å²) in [6, 6.07) is 13.6. The molecule has 2 aliphatic heterocycles. The molecule has 1 N–H and O–H groups in total. The van der Waals surface area contributed by atoms with Crippen LogP contribution in [0.3, 0.4) is 0 Å². The first-order valence-electron chi connectivity index (χ1n) is 10.2. The molecular formula is C23H23N3O3S. The molecule has 1 aromatic heterocycles. The number of thiazole rings is 1. The van der Waals surface area contributed by atoms with Gasteiger partial charge in [-0.15, -0.1) is 11.3 Å². The third kappa shape index (κ3) is 4.17. The maximum absolute atomic E-state index is 12.6. The molecule has 5 rings (SSSR count). The van der Waals surface area contributed by atoms with Gasteiger partial charge in [-0.3, -0.25) is 15.0 Å². The number of carbonyl (C=O) groups is 1. The highest BCUT2D eigenvalue weighted by Gasteiger charge is 2.16. The Balaban J connectivity index is 1.22. The molecule has 7 heteroatoms. The third-order valence-electron chi connectivity index (χ3n) is 5.46. The third-order valence-corrected chi connectivity index (χ3v) is 6.22. The van der Waals surface area contributed by atoms with Crippen LogP contribution >= 0.6 is 11.3 Å². The van der Waals surface area contributed by atoms with Crippen LogP contribution in [0.15, 0.2) is 47.8 Å². The Morgan fingerprint density at radius 1 is 1.03 bits per heavy atom. The lowest BCUT2D eigenvalue weighted by Gasteiger charge is -2.26. The lowest BCUT2D eigenvalue weighted by molar-refractivity contribution is 0.102. The highest BCUT2D eigenvalue weighted by atomic mass is 32.1. The minimum absolute atomic E-state index is 0.147. The number of rotatable bonds is 5. The summed E-state index contributed by atoms with van der Waals surface area (Å²) in [7, 11) is 0. The molecule has 30 heavy (non-hydrogen) atoms. The van der Waals surface area contributed by atoms with E-state index in [0.717, 1.165) is 42.4 Å². The summed E-state index contributed by atoms with van der Waals surface area (Å²) in [4.78, 5) is 19.7. The number of amides is 1. The molecule has 0 bridgehead atoms. The lowest BCUT2D eigenvalue weighted by atomic mass is 10.1. The molecule has 3 aromatic rings. The number of nitrogens with one attached hydrogen (secondary N) is 1. The Hall–Kier alpha value is -2.90. The van der Waals surface area contributed by atoms with E-state index in [2.05, 4.69) is 15.2 Å². The molecule has 0 saturated carbocycles. The fourth-order valence-corrected chi connectivity index (χ4v) is 4.54. The van der Waals surface area contributed by atoms with Crippen LogP contribution in [0.2, 0.25) is 0 Å². The SMILES string of the molecule is O=C(Nc1nc(-c2ccc3c(c2)OCO3)cs1)c1ccc(CN2CCCCC2)cc1. The Morgan fingerprint density at radius 3 is 2.67 bits per heavy atom. The van der Waals surface area contributed by atoms with Gasteiger partial charge in [0.25, 0.3) is 5.91 Å². The fourth-order valence-electron chi connectivity index (χ4n) is 3.83. The van der Waals surface area contributed by atoms with Crippen LogP contribution in [-0.4, -0.2) is 35.7 Å². The summed E-state index contributed by atoms with van der Waals surface area (Å²) in [5.41, 5.74) is 3.61. The second kappa shape index (κ2) is 8.45. The van der Waals surface area contributed by atoms with Gasteiger partial charge in [0.15, 0.2) is 16.6 Å². The van der Waals surface area contributed by atoms with Crippen molar-refractivity contribution in [2.24, 2.45) is 0 Å². The summed E-state index contributed by atoms with van der Waals surface area (Å²) in [6.07, 6.45) is 3.90. The van der Waals surface area contributed by atoms with Gasteiger partial charge in [0.1, 0.15) is 0 Å². The number of nitrogens with zero attached hydrogens (tertiary/aromatic N) is 2. The molecule has 1 fully saturated rings. The Morgan fingerprint density at radius 2 is 1.83 bits per heavy atom. The minimum Gasteiger partial charge on any atom is -0.454 e. The van der Waals surface area contributed by atoms with Gasteiger partial charge < -0.3 is 9.47 Å². The molecule has 0 spiro atoms. The molecule has 6 nitrogen and oxygen atoms in total. The molecule has 3 heterocycles. The van der Waals surface area contributed by atoms with Gasteiger partial charge in [-0.05, 0) is 61.8 Å². The second-order valence-electron chi connectivity index (χ2n) is 7.59. The van der Waals surface area contributed by atoms with E-state index in [-0.39, 0.29) is 12.7 Å². The quantitative estimate of drug-likeness (QED) is 0.643. The molecule has 0 unspecified atom stereocenters. The van der Waals surface area contributed by atoms with Crippen molar-refractivity contribution in [3.05, 3.63) is 59.0 Å². The van der Waals surface area contributed by atoms with Crippen molar-refractivity contribution in [3.63, 3.8) is 0 Å². The largest absolute Gasteiger partial charge is 0.454 e. The number of anilines is 1. The predicted molar refractivity (Wildman–Crippen MR) is 117 cm³/mol. The molecule has 0 aliphatic carbocycles. The number of aromatic nitrogens is 1. The molecule has 2 aliphatic rings. The van der Waals surface area contributed by atoms with Crippen molar-refractivity contribution < 1.29 is 14.3 Å². The van der Waals surface area contributed by atoms with E-state index in [0.29, 0.717) is 10.7 Å². The van der Waals surface area contributed by atoms with Gasteiger partial charge in [-0.1, -0.05) is 18.6 Å². The van der Waals surface area contributed by atoms with Crippen molar-refractivity contribution in [2.75, 3.05) is 25.2 Å². The predicted octanol–water partition coefficient (Wildman–Crippen LogP) is 4.78. The van der Waals surface area contributed by atoms with Crippen LogP contribution in [0.25, 0.3) is 11.3 Å². The van der Waals surface area contributed by atoms with Crippen molar-refractivity contribution in [2.45, 2.75) is 25.8 Å². The van der Waals surface area contributed by atoms with Crippen LogP contribution in [0, 0.1) is 0 Å². The number of piperidine rings is 1. The fraction of sp³-hybridized carbons (Fsp3) is 0.304. The van der Waals surface area contributed by atoms with E-state index in [4.69, 9.17) is 9.47 Å². The Kier molecular flexibility index (Phi) is 5.38. The zero-order valence-electron chi connectivity index (χ0n) is 16.6. The van der Waals surface area contributed by atoms with Crippen molar-refractivity contribution >= 4 is 22.4 Å². The summed E-state index contributed by atoms with van der Waals surface area (Å²) in [6.45, 7) is 3.53. The molecule has 154 valence electrons. The summed E-state index contributed by atoms with van der Waals surface area (Å²) < 4.78 is 10.8. The minimum atomic E-state index is -0.147. The van der Waals surface area contributed by atoms with E-state index >= 15 is 0 Å². The topological polar surface area (TPSA) is 63.7 Å². The van der Waals surface area contributed by atoms with Crippen LogP contribution in [0.5, 0.6) is 11.5 Å². The van der Waals surface area contributed by atoms with Crippen LogP contribution in [-0.2, 0) is 6.54 Å². The number of carbonyl (C=O) groups excluding carboxylic acids is 1. The number of likely N-dealkylation sites (tertiary alicyclic amines) is 1. The number of fused-ring (bicyclic) bond motifs is 1. The monoisotopic (exact) mass is 421 g/mol. The van der Waals surface area contributed by atoms with Gasteiger partial charge in [0.2, 0.25) is 6.79 Å². The van der Waals surface area contributed by atoms with E-state index in [1.54, 1.807) is 0 Å². The van der Waals surface area contributed by atoms with Crippen LogP contribution in [0.1, 0.15) is 35.2 Å². The van der Waals surface area contributed by atoms with Crippen molar-refractivity contribution in [3.8, 4) is 22.8 Å². The average Bonchev–Trinajstić information content (AvgIpc) is 3.44. The molecule has 0 radical (unpaired) electrons. The molecule has 1 saturated heterocycles. The van der Waals surface area contributed by atoms with Gasteiger partial charge in [0, 0.05) is 23.1 Å². The van der Waals surface area contributed by atoms with Gasteiger partial charge in [-0.25, -0.2) is 4.98 Å². The standard InChI is InChI=1S/C23H23N3O3S/c27-22(17-6-4-16(5-7-17)13-26-10-2-1-3-11-26)25-23-24-19(14-30-23)18-8-9-20-21(12-18)29-15-28-20/h4-9,12,14H,1-3,10-11,13,15H2,(H,24,25,27). The van der Waals surface area contributed by atoms with Crippen LogP contribution < -0.4 is 14.8 Å². The van der Waals surface area contributed by atoms with Gasteiger partial charge >= 0.3 is 0 Å². The van der Waals surface area contributed by atoms with E-state index in [1.807, 2.05) is 47.8 Å². The Bertz CT molecular complexity index is 1040. The van der Waals surface area contributed by atoms with E-state index in [9.17, 15) is 4.79 Å². The Labute approximate surface area is 179 Å². The first-order chi connectivity index (χ1) is 14.7. The summed E-state index contributed by atoms with van der Waals surface area (Å²) in [5, 5.41) is 5.40. The van der Waals surface area contributed by atoms with Crippen molar-refractivity contribution in [1.82, 2.24) is 9.88 Å². The number of benzene rings is 2. The molecular weight excluding hydrogens is 398 g/mol. The van der Waals surface area contributed by atoms with Gasteiger partial charge in [0.05, 0.1) is 5.69 Å². The molecule has 2 aromatic carbocycles. The lowest BCUT2D eigenvalue weighted by Crippen LogP contribution is -2.29.